The van der Waals surface area contributed by atoms with Crippen LogP contribution in [0.5, 0.6) is 0 Å². The zero-order valence-corrected chi connectivity index (χ0v) is 17.3. The lowest BCUT2D eigenvalue weighted by atomic mass is 10.2. The Morgan fingerprint density at radius 1 is 0.806 bits per heavy atom. The highest BCUT2D eigenvalue weighted by Gasteiger charge is 2.36. The number of hydrogen-bond acceptors (Lipinski definition) is 6. The smallest absolute Gasteiger partial charge is 0.261 e. The van der Waals surface area contributed by atoms with Gasteiger partial charge in [0.15, 0.2) is 22.4 Å². The van der Waals surface area contributed by atoms with Gasteiger partial charge in [0, 0.05) is 11.8 Å². The quantitative estimate of drug-likeness (QED) is 0.234. The summed E-state index contributed by atoms with van der Waals surface area (Å²) in [5.41, 5.74) is -2.32. The Hall–Kier alpha value is -2.25. The largest absolute Gasteiger partial charge is 0.434 e. The zero-order chi connectivity index (χ0) is 23.4. The molecular formula is C16H8Cl2F7N5S. The van der Waals surface area contributed by atoms with E-state index in [0.29, 0.717) is 0 Å². The van der Waals surface area contributed by atoms with Crippen LogP contribution < -0.4 is 0 Å². The first-order chi connectivity index (χ1) is 14.3. The second-order valence-electron chi connectivity index (χ2n) is 5.33. The van der Waals surface area contributed by atoms with E-state index in [-0.39, 0.29) is 16.5 Å². The SMILES string of the molecule is CSc1ncc(Cl)c(C(F)(F)F)n1.Fc1cncc(-c2ncc(Cl)c(C(F)(F)F)n2)c1. The fraction of sp³-hybridized carbons (Fsp3) is 0.188. The van der Waals surface area contributed by atoms with E-state index in [1.54, 1.807) is 6.26 Å². The molecule has 166 valence electrons. The van der Waals surface area contributed by atoms with Gasteiger partial charge >= 0.3 is 12.4 Å². The minimum Gasteiger partial charge on any atom is -0.261 e. The minimum atomic E-state index is -4.70. The van der Waals surface area contributed by atoms with Crippen LogP contribution >= 0.6 is 35.0 Å². The number of nitrogens with zero attached hydrogens (tertiary/aromatic N) is 5. The molecule has 0 fully saturated rings. The predicted octanol–water partition coefficient (Wildman–Crippen LogP) is 6.22. The maximum absolute atomic E-state index is 12.9. The van der Waals surface area contributed by atoms with Gasteiger partial charge in [-0.2, -0.15) is 26.3 Å². The highest BCUT2D eigenvalue weighted by molar-refractivity contribution is 7.98. The van der Waals surface area contributed by atoms with Gasteiger partial charge < -0.3 is 0 Å². The Balaban J connectivity index is 0.000000233. The predicted molar refractivity (Wildman–Crippen MR) is 99.1 cm³/mol. The molecule has 3 aromatic rings. The summed E-state index contributed by atoms with van der Waals surface area (Å²) in [5, 5.41) is -1.04. The van der Waals surface area contributed by atoms with Crippen LogP contribution in [0.25, 0.3) is 11.4 Å². The molecule has 0 aromatic carbocycles. The molecule has 0 saturated carbocycles. The van der Waals surface area contributed by atoms with E-state index in [1.807, 2.05) is 0 Å². The van der Waals surface area contributed by atoms with Crippen molar-refractivity contribution in [3.63, 3.8) is 0 Å². The number of hydrogen-bond donors (Lipinski definition) is 0. The maximum atomic E-state index is 12.9. The van der Waals surface area contributed by atoms with Gasteiger partial charge in [-0.05, 0) is 12.3 Å². The van der Waals surface area contributed by atoms with Crippen molar-refractivity contribution in [3.05, 3.63) is 58.1 Å². The molecule has 3 heterocycles. The topological polar surface area (TPSA) is 64.5 Å². The molecule has 3 aromatic heterocycles. The Labute approximate surface area is 184 Å². The van der Waals surface area contributed by atoms with Crippen LogP contribution in [-0.2, 0) is 12.4 Å². The molecule has 3 rings (SSSR count). The first-order valence-corrected chi connectivity index (χ1v) is 9.65. The van der Waals surface area contributed by atoms with Crippen molar-refractivity contribution >= 4 is 35.0 Å². The van der Waals surface area contributed by atoms with Gasteiger partial charge in [-0.15, -0.1) is 0 Å². The number of aromatic nitrogens is 5. The molecule has 0 atom stereocenters. The molecule has 0 spiro atoms. The lowest BCUT2D eigenvalue weighted by Crippen LogP contribution is -2.10. The first-order valence-electron chi connectivity index (χ1n) is 7.67. The fourth-order valence-electron chi connectivity index (χ4n) is 1.89. The molecule has 0 N–H and O–H groups in total. The van der Waals surface area contributed by atoms with Gasteiger partial charge in [0.1, 0.15) is 5.82 Å². The Bertz CT molecular complexity index is 1060. The highest BCUT2D eigenvalue weighted by atomic mass is 35.5. The molecule has 31 heavy (non-hydrogen) atoms. The number of rotatable bonds is 2. The standard InChI is InChI=1S/C10H4ClF4N3.C6H4ClF3N2S/c11-7-4-17-9(18-8(7)10(13,14)15)5-1-6(12)3-16-2-5;1-13-5-11-2-3(7)4(12-5)6(8,9)10/h1-4H;2H,1H3. The third-order valence-electron chi connectivity index (χ3n) is 3.15. The minimum absolute atomic E-state index is 0.0390. The third kappa shape index (κ3) is 6.87. The van der Waals surface area contributed by atoms with E-state index in [9.17, 15) is 30.7 Å². The summed E-state index contributed by atoms with van der Waals surface area (Å²) in [6, 6.07) is 0.983. The molecular weight excluding hydrogens is 498 g/mol. The highest BCUT2D eigenvalue weighted by Crippen LogP contribution is 2.34. The Morgan fingerprint density at radius 3 is 1.87 bits per heavy atom. The van der Waals surface area contributed by atoms with Crippen LogP contribution in [0.2, 0.25) is 10.0 Å². The molecule has 0 unspecified atom stereocenters. The molecule has 0 radical (unpaired) electrons. The Kier molecular flexibility index (Phi) is 8.00. The van der Waals surface area contributed by atoms with Gasteiger partial charge in [0.25, 0.3) is 0 Å². The van der Waals surface area contributed by atoms with Crippen LogP contribution in [0, 0.1) is 5.82 Å². The molecule has 0 aliphatic rings. The van der Waals surface area contributed by atoms with Crippen molar-refractivity contribution in [2.75, 3.05) is 6.26 Å². The van der Waals surface area contributed by atoms with Gasteiger partial charge in [-0.25, -0.2) is 24.3 Å². The lowest BCUT2D eigenvalue weighted by molar-refractivity contribution is -0.142. The van der Waals surface area contributed by atoms with E-state index in [2.05, 4.69) is 24.9 Å². The summed E-state index contributed by atoms with van der Waals surface area (Å²) < 4.78 is 87.1. The van der Waals surface area contributed by atoms with E-state index in [4.69, 9.17) is 23.2 Å². The van der Waals surface area contributed by atoms with E-state index < -0.39 is 39.6 Å². The van der Waals surface area contributed by atoms with Crippen molar-refractivity contribution in [1.29, 1.82) is 0 Å². The van der Waals surface area contributed by atoms with Crippen LogP contribution in [0.3, 0.4) is 0 Å². The van der Waals surface area contributed by atoms with Crippen molar-refractivity contribution < 1.29 is 30.7 Å². The lowest BCUT2D eigenvalue weighted by Gasteiger charge is -2.08. The number of thioether (sulfide) groups is 1. The second kappa shape index (κ2) is 9.92. The van der Waals surface area contributed by atoms with Crippen LogP contribution in [-0.4, -0.2) is 31.2 Å². The van der Waals surface area contributed by atoms with Gasteiger partial charge in [-0.1, -0.05) is 35.0 Å². The monoisotopic (exact) mass is 505 g/mol. The van der Waals surface area contributed by atoms with Crippen LogP contribution in [0.4, 0.5) is 30.7 Å². The van der Waals surface area contributed by atoms with Crippen molar-refractivity contribution in [1.82, 2.24) is 24.9 Å². The molecule has 0 bridgehead atoms. The second-order valence-corrected chi connectivity index (χ2v) is 6.92. The summed E-state index contributed by atoms with van der Waals surface area (Å²) in [6.45, 7) is 0. The molecule has 0 aliphatic carbocycles. The average Bonchev–Trinajstić information content (AvgIpc) is 2.67. The van der Waals surface area contributed by atoms with E-state index in [0.717, 1.165) is 42.6 Å². The molecule has 5 nitrogen and oxygen atoms in total. The summed E-state index contributed by atoms with van der Waals surface area (Å²) >= 11 is 11.7. The summed E-state index contributed by atoms with van der Waals surface area (Å²) in [5.74, 6) is -0.988. The normalized spacial score (nSPS) is 11.7. The van der Waals surface area contributed by atoms with Crippen molar-refractivity contribution in [2.45, 2.75) is 17.5 Å². The van der Waals surface area contributed by atoms with Gasteiger partial charge in [0.05, 0.1) is 28.6 Å². The van der Waals surface area contributed by atoms with Crippen LogP contribution in [0.1, 0.15) is 11.4 Å². The van der Waals surface area contributed by atoms with Crippen LogP contribution in [0.15, 0.2) is 36.0 Å². The van der Waals surface area contributed by atoms with Gasteiger partial charge in [0.2, 0.25) is 0 Å². The molecule has 0 amide bonds. The zero-order valence-electron chi connectivity index (χ0n) is 14.9. The summed E-state index contributed by atoms with van der Waals surface area (Å²) in [7, 11) is 0. The van der Waals surface area contributed by atoms with E-state index >= 15 is 0 Å². The number of alkyl halides is 6. The third-order valence-corrected chi connectivity index (χ3v) is 4.26. The summed E-state index contributed by atoms with van der Waals surface area (Å²) in [4.78, 5) is 17.2. The average molecular weight is 506 g/mol. The fourth-order valence-corrected chi connectivity index (χ4v) is 2.62. The molecule has 0 saturated heterocycles. The van der Waals surface area contributed by atoms with Gasteiger partial charge in [-0.3, -0.25) is 4.98 Å². The number of pyridine rings is 1. The Morgan fingerprint density at radius 2 is 1.35 bits per heavy atom. The molecule has 0 aliphatic heterocycles. The van der Waals surface area contributed by atoms with E-state index in [1.165, 1.54) is 0 Å². The first kappa shape index (κ1) is 25.0. The van der Waals surface area contributed by atoms with Crippen molar-refractivity contribution in [2.24, 2.45) is 0 Å². The summed E-state index contributed by atoms with van der Waals surface area (Å²) in [6.07, 6.45) is -3.79. The molecule has 15 heteroatoms. The number of halogens is 9. The van der Waals surface area contributed by atoms with Crippen molar-refractivity contribution in [3.8, 4) is 11.4 Å². The maximum Gasteiger partial charge on any atom is 0.434 e.